The molecule has 0 radical (unpaired) electrons. The number of ether oxygens (including phenoxy) is 1. The van der Waals surface area contributed by atoms with Gasteiger partial charge < -0.3 is 9.64 Å². The Balaban J connectivity index is 2.84. The Hall–Kier alpha value is -2.23. The molecule has 0 N–H and O–H groups in total. The van der Waals surface area contributed by atoms with Crippen LogP contribution >= 0.6 is 0 Å². The van der Waals surface area contributed by atoms with Gasteiger partial charge in [0.1, 0.15) is 0 Å². The maximum absolute atomic E-state index is 12.9. The molecule has 0 aromatic heterocycles. The average molecular weight is 300 g/mol. The zero-order chi connectivity index (χ0) is 16.0. The molecule has 1 aromatic carbocycles. The third-order valence-corrected chi connectivity index (χ3v) is 2.97. The van der Waals surface area contributed by atoms with Gasteiger partial charge in [-0.3, -0.25) is 4.79 Å². The fraction of sp³-hybridized carbons (Fsp3) is 0.429. The van der Waals surface area contributed by atoms with Crippen molar-refractivity contribution < 1.29 is 22.7 Å². The Bertz CT molecular complexity index is 550. The van der Waals surface area contributed by atoms with Gasteiger partial charge in [0.15, 0.2) is 0 Å². The van der Waals surface area contributed by atoms with E-state index >= 15 is 0 Å². The van der Waals surface area contributed by atoms with Crippen LogP contribution in [-0.2, 0) is 15.7 Å². The van der Waals surface area contributed by atoms with E-state index in [1.54, 1.807) is 11.9 Å². The molecule has 7 heteroatoms. The number of hydrogen-bond donors (Lipinski definition) is 0. The monoisotopic (exact) mass is 300 g/mol. The Labute approximate surface area is 120 Å². The van der Waals surface area contributed by atoms with E-state index in [-0.39, 0.29) is 12.4 Å². The van der Waals surface area contributed by atoms with E-state index < -0.39 is 17.3 Å². The highest BCUT2D eigenvalue weighted by molar-refractivity contribution is 5.69. The van der Waals surface area contributed by atoms with E-state index in [2.05, 4.69) is 4.74 Å². The number of nitriles is 1. The molecule has 0 unspecified atom stereocenters. The van der Waals surface area contributed by atoms with Gasteiger partial charge in [0.05, 0.1) is 24.3 Å². The Morgan fingerprint density at radius 2 is 2.10 bits per heavy atom. The van der Waals surface area contributed by atoms with Crippen molar-refractivity contribution in [1.82, 2.24) is 0 Å². The quantitative estimate of drug-likeness (QED) is 0.785. The molecular formula is C14H15F3N2O2. The standard InChI is InChI=1S/C14H15F3N2O2/c1-19(7-3-4-13(20)21-2)11-6-5-10(9-18)12(8-11)14(15,16)17/h5-6,8H,3-4,7H2,1-2H3. The summed E-state index contributed by atoms with van der Waals surface area (Å²) in [6, 6.07) is 5.07. The van der Waals surface area contributed by atoms with Gasteiger partial charge in [0.25, 0.3) is 0 Å². The SMILES string of the molecule is COC(=O)CCCN(C)c1ccc(C#N)c(C(F)(F)F)c1. The van der Waals surface area contributed by atoms with E-state index in [1.807, 2.05) is 0 Å². The first kappa shape index (κ1) is 16.8. The second kappa shape index (κ2) is 6.97. The first-order valence-corrected chi connectivity index (χ1v) is 6.19. The van der Waals surface area contributed by atoms with Gasteiger partial charge in [0, 0.05) is 25.7 Å². The highest BCUT2D eigenvalue weighted by Gasteiger charge is 2.34. The molecule has 1 rings (SSSR count). The minimum absolute atomic E-state index is 0.198. The van der Waals surface area contributed by atoms with Gasteiger partial charge >= 0.3 is 12.1 Å². The number of nitrogens with zero attached hydrogens (tertiary/aromatic N) is 2. The lowest BCUT2D eigenvalue weighted by atomic mass is 10.1. The molecule has 0 spiro atoms. The minimum atomic E-state index is -4.58. The van der Waals surface area contributed by atoms with Crippen molar-refractivity contribution in [3.63, 3.8) is 0 Å². The Kier molecular flexibility index (Phi) is 5.59. The molecule has 0 aliphatic rings. The Morgan fingerprint density at radius 3 is 2.62 bits per heavy atom. The number of carbonyl (C=O) groups is 1. The summed E-state index contributed by atoms with van der Waals surface area (Å²) in [4.78, 5) is 12.6. The van der Waals surface area contributed by atoms with E-state index in [0.29, 0.717) is 18.7 Å². The summed E-state index contributed by atoms with van der Waals surface area (Å²) in [5, 5.41) is 8.73. The van der Waals surface area contributed by atoms with E-state index in [0.717, 1.165) is 12.1 Å². The molecule has 0 saturated carbocycles. The molecule has 0 atom stereocenters. The fourth-order valence-electron chi connectivity index (χ4n) is 1.79. The number of rotatable bonds is 5. The summed E-state index contributed by atoms with van der Waals surface area (Å²) < 4.78 is 43.0. The summed E-state index contributed by atoms with van der Waals surface area (Å²) in [5.74, 6) is -0.362. The number of halogens is 3. The van der Waals surface area contributed by atoms with Crippen molar-refractivity contribution >= 4 is 11.7 Å². The molecule has 0 aliphatic heterocycles. The van der Waals surface area contributed by atoms with Crippen molar-refractivity contribution in [3.8, 4) is 6.07 Å². The third-order valence-electron chi connectivity index (χ3n) is 2.97. The van der Waals surface area contributed by atoms with Crippen LogP contribution in [0.2, 0.25) is 0 Å². The first-order chi connectivity index (χ1) is 9.79. The molecule has 0 saturated heterocycles. The predicted octanol–water partition coefficient (Wildman–Crippen LogP) is 2.97. The van der Waals surface area contributed by atoms with Crippen LogP contribution in [0.25, 0.3) is 0 Å². The van der Waals surface area contributed by atoms with Crippen LogP contribution in [-0.4, -0.2) is 26.7 Å². The van der Waals surface area contributed by atoms with Crippen molar-refractivity contribution in [2.24, 2.45) is 0 Å². The van der Waals surface area contributed by atoms with E-state index in [9.17, 15) is 18.0 Å². The zero-order valence-corrected chi connectivity index (χ0v) is 11.7. The molecule has 4 nitrogen and oxygen atoms in total. The van der Waals surface area contributed by atoms with Gasteiger partial charge in [-0.15, -0.1) is 0 Å². The van der Waals surface area contributed by atoms with E-state index in [4.69, 9.17) is 5.26 Å². The summed E-state index contributed by atoms with van der Waals surface area (Å²) in [6.45, 7) is 0.401. The molecule has 0 bridgehead atoms. The van der Waals surface area contributed by atoms with Gasteiger partial charge in [-0.05, 0) is 24.6 Å². The van der Waals surface area contributed by atoms with Crippen LogP contribution < -0.4 is 4.90 Å². The lowest BCUT2D eigenvalue weighted by Crippen LogP contribution is -2.20. The minimum Gasteiger partial charge on any atom is -0.469 e. The molecule has 0 heterocycles. The third kappa shape index (κ3) is 4.67. The normalized spacial score (nSPS) is 10.9. The predicted molar refractivity (Wildman–Crippen MR) is 70.7 cm³/mol. The average Bonchev–Trinajstić information content (AvgIpc) is 2.45. The molecule has 114 valence electrons. The summed E-state index contributed by atoms with van der Waals surface area (Å²) in [5.41, 5.74) is -1.03. The number of benzene rings is 1. The summed E-state index contributed by atoms with van der Waals surface area (Å²) in [7, 11) is 2.90. The zero-order valence-electron chi connectivity index (χ0n) is 11.7. The summed E-state index contributed by atoms with van der Waals surface area (Å²) in [6.07, 6.45) is -3.91. The van der Waals surface area contributed by atoms with Gasteiger partial charge in [0.2, 0.25) is 0 Å². The molecule has 21 heavy (non-hydrogen) atoms. The van der Waals surface area contributed by atoms with Crippen LogP contribution in [0.4, 0.5) is 18.9 Å². The second-order valence-electron chi connectivity index (χ2n) is 4.44. The number of esters is 1. The molecule has 0 aliphatic carbocycles. The molecule has 0 fully saturated rings. The van der Waals surface area contributed by atoms with Gasteiger partial charge in [-0.2, -0.15) is 18.4 Å². The lowest BCUT2D eigenvalue weighted by molar-refractivity contribution is -0.140. The van der Waals surface area contributed by atoms with Crippen molar-refractivity contribution in [2.45, 2.75) is 19.0 Å². The van der Waals surface area contributed by atoms with Crippen LogP contribution in [0, 0.1) is 11.3 Å². The van der Waals surface area contributed by atoms with Crippen LogP contribution in [0.3, 0.4) is 0 Å². The summed E-state index contributed by atoms with van der Waals surface area (Å²) >= 11 is 0. The fourth-order valence-corrected chi connectivity index (χ4v) is 1.79. The maximum Gasteiger partial charge on any atom is 0.417 e. The molecule has 1 aromatic rings. The topological polar surface area (TPSA) is 53.3 Å². The largest absolute Gasteiger partial charge is 0.469 e. The van der Waals surface area contributed by atoms with Gasteiger partial charge in [-0.1, -0.05) is 0 Å². The molecular weight excluding hydrogens is 285 g/mol. The van der Waals surface area contributed by atoms with Gasteiger partial charge in [-0.25, -0.2) is 0 Å². The number of methoxy groups -OCH3 is 1. The number of anilines is 1. The van der Waals surface area contributed by atoms with E-state index in [1.165, 1.54) is 19.2 Å². The second-order valence-corrected chi connectivity index (χ2v) is 4.44. The van der Waals surface area contributed by atoms with Crippen LogP contribution in [0.1, 0.15) is 24.0 Å². The highest BCUT2D eigenvalue weighted by Crippen LogP contribution is 2.34. The van der Waals surface area contributed by atoms with Crippen molar-refractivity contribution in [1.29, 1.82) is 5.26 Å². The molecule has 0 amide bonds. The first-order valence-electron chi connectivity index (χ1n) is 6.19. The Morgan fingerprint density at radius 1 is 1.43 bits per heavy atom. The number of hydrogen-bond acceptors (Lipinski definition) is 4. The lowest BCUT2D eigenvalue weighted by Gasteiger charge is -2.20. The smallest absolute Gasteiger partial charge is 0.417 e. The van der Waals surface area contributed by atoms with Crippen LogP contribution in [0.15, 0.2) is 18.2 Å². The number of carbonyl (C=O) groups excluding carboxylic acids is 1. The van der Waals surface area contributed by atoms with Crippen molar-refractivity contribution in [3.05, 3.63) is 29.3 Å². The maximum atomic E-state index is 12.9. The highest BCUT2D eigenvalue weighted by atomic mass is 19.4. The van der Waals surface area contributed by atoms with Crippen molar-refractivity contribution in [2.75, 3.05) is 25.6 Å². The number of alkyl halides is 3. The van der Waals surface area contributed by atoms with Crippen LogP contribution in [0.5, 0.6) is 0 Å².